The van der Waals surface area contributed by atoms with Crippen LogP contribution in [-0.2, 0) is 11.3 Å². The van der Waals surface area contributed by atoms with Crippen molar-refractivity contribution in [1.82, 2.24) is 20.5 Å². The summed E-state index contributed by atoms with van der Waals surface area (Å²) in [6, 6.07) is 5.04. The number of carbonyl (C=O) groups is 2. The van der Waals surface area contributed by atoms with Crippen molar-refractivity contribution in [3.63, 3.8) is 0 Å². The Balaban J connectivity index is 2.09. The van der Waals surface area contributed by atoms with Gasteiger partial charge in [0, 0.05) is 5.69 Å². The fraction of sp³-hybridized carbons (Fsp3) is 0.167. The molecule has 2 amide bonds. The number of aromatic amines is 1. The molecule has 1 aromatic heterocycles. The molecule has 0 atom stereocenters. The third kappa shape index (κ3) is 3.93. The molecule has 0 aliphatic rings. The van der Waals surface area contributed by atoms with Crippen LogP contribution in [0.4, 0.5) is 10.5 Å². The van der Waals surface area contributed by atoms with E-state index in [0.717, 1.165) is 4.90 Å². The largest absolute Gasteiger partial charge is 0.508 e. The van der Waals surface area contributed by atoms with Gasteiger partial charge in [0.25, 0.3) is 0 Å². The smallest absolute Gasteiger partial charge is 0.323 e. The monoisotopic (exact) mass is 291 g/mol. The molecule has 9 nitrogen and oxygen atoms in total. The fourth-order valence-corrected chi connectivity index (χ4v) is 1.62. The van der Waals surface area contributed by atoms with Crippen molar-refractivity contribution in [3.05, 3.63) is 36.4 Å². The number of amides is 2. The molecule has 4 N–H and O–H groups in total. The normalized spacial score (nSPS) is 10.1. The summed E-state index contributed by atoms with van der Waals surface area (Å²) in [6.45, 7) is -0.417. The lowest BCUT2D eigenvalue weighted by Crippen LogP contribution is -2.42. The maximum Gasteiger partial charge on any atom is 0.323 e. The van der Waals surface area contributed by atoms with E-state index < -0.39 is 18.5 Å². The Morgan fingerprint density at radius 1 is 1.29 bits per heavy atom. The fourth-order valence-electron chi connectivity index (χ4n) is 1.62. The predicted molar refractivity (Wildman–Crippen MR) is 71.7 cm³/mol. The number of aromatic nitrogens is 3. The zero-order chi connectivity index (χ0) is 15.2. The number of urea groups is 1. The molecular weight excluding hydrogens is 278 g/mol. The maximum atomic E-state index is 12.1. The van der Waals surface area contributed by atoms with Crippen LogP contribution in [0.25, 0.3) is 0 Å². The van der Waals surface area contributed by atoms with Crippen LogP contribution in [0.1, 0.15) is 5.82 Å². The Morgan fingerprint density at radius 2 is 2.00 bits per heavy atom. The van der Waals surface area contributed by atoms with Gasteiger partial charge < -0.3 is 15.5 Å². The lowest BCUT2D eigenvalue weighted by molar-refractivity contribution is -0.135. The van der Waals surface area contributed by atoms with E-state index in [1.54, 1.807) is 0 Å². The minimum Gasteiger partial charge on any atom is -0.508 e. The van der Waals surface area contributed by atoms with Gasteiger partial charge in [-0.2, -0.15) is 5.10 Å². The molecule has 0 radical (unpaired) electrons. The number of carbonyl (C=O) groups excluding carboxylic acids is 1. The van der Waals surface area contributed by atoms with Crippen molar-refractivity contribution in [3.8, 4) is 5.75 Å². The van der Waals surface area contributed by atoms with Crippen molar-refractivity contribution in [2.75, 3.05) is 11.4 Å². The highest BCUT2D eigenvalue weighted by Gasteiger charge is 2.18. The molecule has 1 aromatic carbocycles. The van der Waals surface area contributed by atoms with Gasteiger partial charge in [-0.25, -0.2) is 9.78 Å². The molecule has 0 bridgehead atoms. The van der Waals surface area contributed by atoms with E-state index in [1.807, 2.05) is 0 Å². The molecule has 0 fully saturated rings. The Labute approximate surface area is 119 Å². The van der Waals surface area contributed by atoms with Crippen molar-refractivity contribution < 1.29 is 19.8 Å². The molecule has 110 valence electrons. The van der Waals surface area contributed by atoms with E-state index >= 15 is 0 Å². The summed E-state index contributed by atoms with van der Waals surface area (Å²) in [5, 5.41) is 26.9. The van der Waals surface area contributed by atoms with E-state index in [1.165, 1.54) is 30.6 Å². The topological polar surface area (TPSA) is 131 Å². The number of aliphatic carboxylic acids is 1. The molecule has 0 unspecified atom stereocenters. The highest BCUT2D eigenvalue weighted by atomic mass is 16.4. The number of nitrogens with zero attached hydrogens (tertiary/aromatic N) is 3. The van der Waals surface area contributed by atoms with E-state index in [-0.39, 0.29) is 12.3 Å². The Morgan fingerprint density at radius 3 is 2.57 bits per heavy atom. The van der Waals surface area contributed by atoms with E-state index in [0.29, 0.717) is 11.5 Å². The number of aromatic hydroxyl groups is 1. The first-order chi connectivity index (χ1) is 10.1. The highest BCUT2D eigenvalue weighted by Crippen LogP contribution is 2.18. The van der Waals surface area contributed by atoms with Crippen LogP contribution in [0.5, 0.6) is 5.75 Å². The van der Waals surface area contributed by atoms with Gasteiger partial charge in [0.15, 0.2) is 0 Å². The van der Waals surface area contributed by atoms with Crippen molar-refractivity contribution in [1.29, 1.82) is 0 Å². The van der Waals surface area contributed by atoms with Crippen molar-refractivity contribution in [2.45, 2.75) is 6.54 Å². The van der Waals surface area contributed by atoms with Crippen LogP contribution in [0.3, 0.4) is 0 Å². The quantitative estimate of drug-likeness (QED) is 0.627. The number of rotatable bonds is 5. The number of phenolic OH excluding ortho intramolecular Hbond substituents is 1. The van der Waals surface area contributed by atoms with E-state index in [2.05, 4.69) is 20.5 Å². The van der Waals surface area contributed by atoms with Gasteiger partial charge in [-0.1, -0.05) is 0 Å². The summed E-state index contributed by atoms with van der Waals surface area (Å²) < 4.78 is 0. The first-order valence-corrected chi connectivity index (χ1v) is 5.96. The standard InChI is InChI=1S/C12H13N5O4/c18-9-3-1-8(2-4-9)17(6-11(19)20)12(21)13-5-10-14-7-15-16-10/h1-4,7,18H,5-6H2,(H,13,21)(H,19,20)(H,14,15,16). The average Bonchev–Trinajstić information content (AvgIpc) is 2.96. The molecule has 2 rings (SSSR count). The molecule has 1 heterocycles. The summed E-state index contributed by atoms with van der Waals surface area (Å²) in [5.74, 6) is -0.682. The summed E-state index contributed by atoms with van der Waals surface area (Å²) in [7, 11) is 0. The Bertz CT molecular complexity index is 611. The second kappa shape index (κ2) is 6.37. The minimum absolute atomic E-state index is 0.0242. The summed E-state index contributed by atoms with van der Waals surface area (Å²) in [6.07, 6.45) is 1.30. The lowest BCUT2D eigenvalue weighted by Gasteiger charge is -2.21. The first kappa shape index (κ1) is 14.3. The predicted octanol–water partition coefficient (Wildman–Crippen LogP) is 0.311. The zero-order valence-electron chi connectivity index (χ0n) is 10.9. The summed E-state index contributed by atoms with van der Waals surface area (Å²) in [5.41, 5.74) is 0.352. The Hall–Kier alpha value is -3.10. The minimum atomic E-state index is -1.15. The number of benzene rings is 1. The van der Waals surface area contributed by atoms with Gasteiger partial charge in [-0.15, -0.1) is 0 Å². The van der Waals surface area contributed by atoms with E-state index in [4.69, 9.17) is 5.11 Å². The lowest BCUT2D eigenvalue weighted by atomic mass is 10.3. The van der Waals surface area contributed by atoms with Crippen LogP contribution < -0.4 is 10.2 Å². The number of hydrogen-bond acceptors (Lipinski definition) is 5. The van der Waals surface area contributed by atoms with Crippen LogP contribution in [0.2, 0.25) is 0 Å². The van der Waals surface area contributed by atoms with Crippen molar-refractivity contribution in [2.24, 2.45) is 0 Å². The number of phenols is 1. The molecule has 0 aliphatic carbocycles. The highest BCUT2D eigenvalue weighted by molar-refractivity contribution is 5.96. The molecule has 0 spiro atoms. The second-order valence-corrected chi connectivity index (χ2v) is 4.09. The van der Waals surface area contributed by atoms with Gasteiger partial charge >= 0.3 is 12.0 Å². The number of hydrogen-bond donors (Lipinski definition) is 4. The van der Waals surface area contributed by atoms with Gasteiger partial charge in [-0.05, 0) is 24.3 Å². The number of carboxylic acids is 1. The summed E-state index contributed by atoms with van der Waals surface area (Å²) >= 11 is 0. The second-order valence-electron chi connectivity index (χ2n) is 4.09. The Kier molecular flexibility index (Phi) is 4.34. The van der Waals surface area contributed by atoms with Crippen molar-refractivity contribution >= 4 is 17.7 Å². The SMILES string of the molecule is O=C(O)CN(C(=O)NCc1ncn[nH]1)c1ccc(O)cc1. The first-order valence-electron chi connectivity index (χ1n) is 5.96. The number of anilines is 1. The van der Waals surface area contributed by atoms with Gasteiger partial charge in [0.1, 0.15) is 24.4 Å². The molecule has 21 heavy (non-hydrogen) atoms. The van der Waals surface area contributed by atoms with Crippen LogP contribution in [0, 0.1) is 0 Å². The summed E-state index contributed by atoms with van der Waals surface area (Å²) in [4.78, 5) is 27.9. The van der Waals surface area contributed by atoms with Gasteiger partial charge in [-0.3, -0.25) is 14.8 Å². The number of H-pyrrole nitrogens is 1. The maximum absolute atomic E-state index is 12.1. The average molecular weight is 291 g/mol. The number of nitrogens with one attached hydrogen (secondary N) is 2. The third-order valence-corrected chi connectivity index (χ3v) is 2.57. The molecule has 0 saturated heterocycles. The molecular formula is C12H13N5O4. The molecule has 9 heteroatoms. The van der Waals surface area contributed by atoms with Crippen LogP contribution >= 0.6 is 0 Å². The van der Waals surface area contributed by atoms with Crippen LogP contribution in [0.15, 0.2) is 30.6 Å². The van der Waals surface area contributed by atoms with E-state index in [9.17, 15) is 14.7 Å². The zero-order valence-corrected chi connectivity index (χ0v) is 10.9. The van der Waals surface area contributed by atoms with Crippen LogP contribution in [-0.4, -0.2) is 43.9 Å². The third-order valence-electron chi connectivity index (χ3n) is 2.57. The molecule has 0 saturated carbocycles. The molecule has 2 aromatic rings. The van der Waals surface area contributed by atoms with Gasteiger partial charge in [0.05, 0.1) is 6.54 Å². The number of carboxylic acid groups (broad SMARTS) is 1. The molecule has 0 aliphatic heterocycles. The van der Waals surface area contributed by atoms with Gasteiger partial charge in [0.2, 0.25) is 0 Å².